The number of ether oxygens (including phenoxy) is 2. The largest absolute Gasteiger partial charge is 0.486 e. The SMILES string of the molecule is CC(C)(CCN)c1cc2c(c([N+](=O)[O-])c1)OCCO2. The zero-order chi connectivity index (χ0) is 14.0. The van der Waals surface area contributed by atoms with Crippen LogP contribution in [0, 0.1) is 10.1 Å². The Morgan fingerprint density at radius 3 is 2.68 bits per heavy atom. The van der Waals surface area contributed by atoms with Crippen LogP contribution >= 0.6 is 0 Å². The Bertz CT molecular complexity index is 500. The molecule has 0 aromatic heterocycles. The molecule has 6 nitrogen and oxygen atoms in total. The van der Waals surface area contributed by atoms with Crippen molar-refractivity contribution >= 4 is 5.69 Å². The summed E-state index contributed by atoms with van der Waals surface area (Å²) in [4.78, 5) is 10.7. The zero-order valence-corrected chi connectivity index (χ0v) is 11.1. The molecule has 1 aliphatic rings. The molecule has 1 aromatic carbocycles. The maximum absolute atomic E-state index is 11.2. The highest BCUT2D eigenvalue weighted by atomic mass is 16.6. The van der Waals surface area contributed by atoms with Gasteiger partial charge in [0.15, 0.2) is 5.75 Å². The molecule has 0 spiro atoms. The molecule has 1 aromatic rings. The van der Waals surface area contributed by atoms with Gasteiger partial charge in [-0.1, -0.05) is 13.8 Å². The van der Waals surface area contributed by atoms with Gasteiger partial charge in [-0.3, -0.25) is 10.1 Å². The third-order valence-corrected chi connectivity index (χ3v) is 3.37. The first-order valence-corrected chi connectivity index (χ1v) is 6.24. The number of hydrogen-bond acceptors (Lipinski definition) is 5. The van der Waals surface area contributed by atoms with Crippen molar-refractivity contribution < 1.29 is 14.4 Å². The Morgan fingerprint density at radius 2 is 2.05 bits per heavy atom. The molecule has 104 valence electrons. The fourth-order valence-electron chi connectivity index (χ4n) is 2.17. The summed E-state index contributed by atoms with van der Waals surface area (Å²) in [5.74, 6) is 0.670. The van der Waals surface area contributed by atoms with Crippen LogP contribution in [0.25, 0.3) is 0 Å². The lowest BCUT2D eigenvalue weighted by Gasteiger charge is -2.27. The highest BCUT2D eigenvalue weighted by Crippen LogP contribution is 2.43. The topological polar surface area (TPSA) is 87.6 Å². The number of nitrogens with zero attached hydrogens (tertiary/aromatic N) is 1. The normalized spacial score (nSPS) is 14.3. The van der Waals surface area contributed by atoms with Gasteiger partial charge in [0.05, 0.1) is 4.92 Å². The minimum Gasteiger partial charge on any atom is -0.486 e. The number of benzene rings is 1. The average molecular weight is 266 g/mol. The third-order valence-electron chi connectivity index (χ3n) is 3.37. The summed E-state index contributed by atoms with van der Waals surface area (Å²) in [5, 5.41) is 11.2. The smallest absolute Gasteiger partial charge is 0.315 e. The Morgan fingerprint density at radius 1 is 1.37 bits per heavy atom. The van der Waals surface area contributed by atoms with Gasteiger partial charge in [-0.25, -0.2) is 0 Å². The first-order valence-electron chi connectivity index (χ1n) is 6.24. The van der Waals surface area contributed by atoms with Gasteiger partial charge in [-0.15, -0.1) is 0 Å². The van der Waals surface area contributed by atoms with Crippen LogP contribution < -0.4 is 15.2 Å². The Hall–Kier alpha value is -1.82. The molecule has 0 fully saturated rings. The van der Waals surface area contributed by atoms with Gasteiger partial charge in [-0.05, 0) is 30.0 Å². The summed E-state index contributed by atoms with van der Waals surface area (Å²) in [6.45, 7) is 5.28. The fourth-order valence-corrected chi connectivity index (χ4v) is 2.17. The standard InChI is InChI=1S/C13H18N2O4/c1-13(2,3-4-14)9-7-10(15(16)17)12-11(8-9)18-5-6-19-12/h7-8H,3-6,14H2,1-2H3. The molecule has 2 rings (SSSR count). The van der Waals surface area contributed by atoms with Gasteiger partial charge in [-0.2, -0.15) is 0 Å². The predicted molar refractivity (Wildman–Crippen MR) is 70.8 cm³/mol. The summed E-state index contributed by atoms with van der Waals surface area (Å²) < 4.78 is 10.8. The highest BCUT2D eigenvalue weighted by molar-refractivity contribution is 5.59. The molecule has 0 aliphatic carbocycles. The van der Waals surface area contributed by atoms with Crippen molar-refractivity contribution in [3.05, 3.63) is 27.8 Å². The van der Waals surface area contributed by atoms with Gasteiger partial charge in [0, 0.05) is 6.07 Å². The van der Waals surface area contributed by atoms with Gasteiger partial charge in [0.2, 0.25) is 5.75 Å². The molecule has 0 bridgehead atoms. The summed E-state index contributed by atoms with van der Waals surface area (Å²) >= 11 is 0. The van der Waals surface area contributed by atoms with Gasteiger partial charge in [0.1, 0.15) is 13.2 Å². The predicted octanol–water partition coefficient (Wildman–Crippen LogP) is 1.99. The molecule has 6 heteroatoms. The average Bonchev–Trinajstić information content (AvgIpc) is 2.37. The van der Waals surface area contributed by atoms with E-state index in [0.717, 1.165) is 12.0 Å². The van der Waals surface area contributed by atoms with Crippen molar-refractivity contribution in [2.75, 3.05) is 19.8 Å². The maximum atomic E-state index is 11.2. The highest BCUT2D eigenvalue weighted by Gasteiger charge is 2.30. The van der Waals surface area contributed by atoms with Crippen LogP contribution in [-0.2, 0) is 5.41 Å². The van der Waals surface area contributed by atoms with Crippen molar-refractivity contribution in [2.24, 2.45) is 5.73 Å². The lowest BCUT2D eigenvalue weighted by Crippen LogP contribution is -2.23. The number of rotatable bonds is 4. The lowest BCUT2D eigenvalue weighted by atomic mass is 9.81. The molecule has 0 unspecified atom stereocenters. The maximum Gasteiger partial charge on any atom is 0.315 e. The Balaban J connectivity index is 2.52. The number of fused-ring (bicyclic) bond motifs is 1. The van der Waals surface area contributed by atoms with Gasteiger partial charge in [0.25, 0.3) is 0 Å². The summed E-state index contributed by atoms with van der Waals surface area (Å²) in [6.07, 6.45) is 0.740. The molecule has 0 amide bonds. The Kier molecular flexibility index (Phi) is 3.61. The molecule has 0 saturated heterocycles. The van der Waals surface area contributed by atoms with E-state index in [9.17, 15) is 10.1 Å². The van der Waals surface area contributed by atoms with Crippen molar-refractivity contribution in [3.8, 4) is 11.5 Å². The van der Waals surface area contributed by atoms with E-state index in [0.29, 0.717) is 25.5 Å². The van der Waals surface area contributed by atoms with Crippen LogP contribution in [0.2, 0.25) is 0 Å². The quantitative estimate of drug-likeness (QED) is 0.665. The summed E-state index contributed by atoms with van der Waals surface area (Å²) in [6, 6.07) is 3.38. The fraction of sp³-hybridized carbons (Fsp3) is 0.538. The number of nitrogens with two attached hydrogens (primary N) is 1. The molecule has 19 heavy (non-hydrogen) atoms. The number of nitro benzene ring substituents is 1. The second kappa shape index (κ2) is 5.05. The molecular weight excluding hydrogens is 248 g/mol. The van der Waals surface area contributed by atoms with E-state index in [-0.39, 0.29) is 16.9 Å². The lowest BCUT2D eigenvalue weighted by molar-refractivity contribution is -0.386. The van der Waals surface area contributed by atoms with Gasteiger partial charge < -0.3 is 15.2 Å². The van der Waals surface area contributed by atoms with E-state index in [1.165, 1.54) is 0 Å². The minimum atomic E-state index is -0.435. The van der Waals surface area contributed by atoms with Crippen LogP contribution in [0.1, 0.15) is 25.8 Å². The van der Waals surface area contributed by atoms with E-state index in [1.54, 1.807) is 6.07 Å². The first kappa shape index (κ1) is 13.6. The van der Waals surface area contributed by atoms with Crippen LogP contribution in [0.15, 0.2) is 12.1 Å². The van der Waals surface area contributed by atoms with Crippen LogP contribution in [0.3, 0.4) is 0 Å². The third kappa shape index (κ3) is 2.63. The molecule has 0 saturated carbocycles. The van der Waals surface area contributed by atoms with E-state index in [4.69, 9.17) is 15.2 Å². The van der Waals surface area contributed by atoms with Crippen molar-refractivity contribution in [3.63, 3.8) is 0 Å². The second-order valence-corrected chi connectivity index (χ2v) is 5.20. The first-order chi connectivity index (χ1) is 8.95. The van der Waals surface area contributed by atoms with Crippen molar-refractivity contribution in [1.82, 2.24) is 0 Å². The van der Waals surface area contributed by atoms with Crippen LogP contribution in [-0.4, -0.2) is 24.7 Å². The van der Waals surface area contributed by atoms with E-state index in [1.807, 2.05) is 19.9 Å². The Labute approximate surface area is 111 Å². The monoisotopic (exact) mass is 266 g/mol. The molecule has 1 heterocycles. The number of hydrogen-bond donors (Lipinski definition) is 1. The molecule has 0 atom stereocenters. The van der Waals surface area contributed by atoms with E-state index in [2.05, 4.69) is 0 Å². The molecule has 2 N–H and O–H groups in total. The second-order valence-electron chi connectivity index (χ2n) is 5.20. The van der Waals surface area contributed by atoms with Crippen LogP contribution in [0.5, 0.6) is 11.5 Å². The van der Waals surface area contributed by atoms with Crippen LogP contribution in [0.4, 0.5) is 5.69 Å². The summed E-state index contributed by atoms with van der Waals surface area (Å²) in [5.41, 5.74) is 6.15. The summed E-state index contributed by atoms with van der Waals surface area (Å²) in [7, 11) is 0. The van der Waals surface area contributed by atoms with E-state index < -0.39 is 4.92 Å². The molecule has 0 radical (unpaired) electrons. The number of nitro groups is 1. The zero-order valence-electron chi connectivity index (χ0n) is 11.1. The molecule has 1 aliphatic heterocycles. The molecular formula is C13H18N2O4. The minimum absolute atomic E-state index is 0.0442. The van der Waals surface area contributed by atoms with E-state index >= 15 is 0 Å². The van der Waals surface area contributed by atoms with Crippen molar-refractivity contribution in [1.29, 1.82) is 0 Å². The van der Waals surface area contributed by atoms with Gasteiger partial charge >= 0.3 is 5.69 Å². The van der Waals surface area contributed by atoms with Crippen molar-refractivity contribution in [2.45, 2.75) is 25.7 Å².